The number of carbonyl (C=O) groups excluding carboxylic acids is 2. The molecule has 51 nitrogen and oxygen atoms in total. The van der Waals surface area contributed by atoms with Gasteiger partial charge in [-0.25, -0.2) is 55.7 Å². The molecular formula is C58H84N10O41P8. The largest absolute Gasteiger partial charge is 0.490 e. The number of carbonyl (C=O) groups is 2. The second-order valence-electron chi connectivity index (χ2n) is 26.6. The third-order valence-electron chi connectivity index (χ3n) is 17.7. The number of nitrogens with zero attached hydrogens (tertiary/aromatic N) is 5. The molecule has 3 aliphatic heterocycles. The Balaban J connectivity index is 0.642. The molecule has 652 valence electrons. The zero-order chi connectivity index (χ0) is 86.0. The average Bonchev–Trinajstić information content (AvgIpc) is 1.74. The summed E-state index contributed by atoms with van der Waals surface area (Å²) in [5, 5.41) is 35.1. The molecule has 3 fully saturated rings. The van der Waals surface area contributed by atoms with E-state index < -0.39 is 203 Å². The number of aromatic amines is 3. The predicted molar refractivity (Wildman–Crippen MR) is 391 cm³/mol. The van der Waals surface area contributed by atoms with Gasteiger partial charge in [-0.1, -0.05) is 37.1 Å². The van der Waals surface area contributed by atoms with Gasteiger partial charge in [0.15, 0.2) is 0 Å². The van der Waals surface area contributed by atoms with Crippen LogP contribution in [0.4, 0.5) is 4.79 Å². The lowest BCUT2D eigenvalue weighted by molar-refractivity contribution is -0.120. The molecule has 1 aromatic carbocycles. The maximum Gasteiger partial charge on any atom is 0.490 e. The molecule has 4 aromatic heterocycles. The molecule has 3 saturated heterocycles. The lowest BCUT2D eigenvalue weighted by Gasteiger charge is -2.24. The summed E-state index contributed by atoms with van der Waals surface area (Å²) in [6.07, 6.45) is -7.98. The maximum absolute atomic E-state index is 13.4. The maximum atomic E-state index is 13.4. The van der Waals surface area contributed by atoms with Crippen LogP contribution >= 0.6 is 62.6 Å². The van der Waals surface area contributed by atoms with Crippen molar-refractivity contribution < 1.29 is 163 Å². The number of aryl methyl sites for hydroxylation is 4. The van der Waals surface area contributed by atoms with Crippen LogP contribution in [0, 0.1) is 27.7 Å². The zero-order valence-electron chi connectivity index (χ0n) is 61.9. The van der Waals surface area contributed by atoms with Crippen molar-refractivity contribution in [1.29, 1.82) is 0 Å². The second kappa shape index (κ2) is 39.9. The van der Waals surface area contributed by atoms with Gasteiger partial charge in [0, 0.05) is 73.2 Å². The second-order valence-corrected chi connectivity index (χ2v) is 38.9. The van der Waals surface area contributed by atoms with Gasteiger partial charge in [-0.15, -0.1) is 5.10 Å². The highest BCUT2D eigenvalue weighted by atomic mass is 31.3. The van der Waals surface area contributed by atoms with Crippen molar-refractivity contribution in [3.8, 4) is 11.3 Å². The smallest absolute Gasteiger partial charge is 0.446 e. The van der Waals surface area contributed by atoms with Crippen LogP contribution in [0.2, 0.25) is 0 Å². The Bertz CT molecular complexity index is 5220. The Hall–Kier alpha value is -6.04. The van der Waals surface area contributed by atoms with Gasteiger partial charge in [-0.3, -0.25) is 75.0 Å². The van der Waals surface area contributed by atoms with Crippen LogP contribution in [0.3, 0.4) is 0 Å². The van der Waals surface area contributed by atoms with E-state index in [4.69, 9.17) is 37.0 Å². The number of unbranched alkanes of at least 4 members (excludes halogenated alkanes) is 3. The van der Waals surface area contributed by atoms with Crippen molar-refractivity contribution in [3.05, 3.63) is 144 Å². The SMILES string of the molecule is Cc1nnc(-c2ccc(CC(=O)NCCCCCCOP(=O)(O)OP(=O)(O)OP(=O)(O)OP(=O)(O)OP(=O)(O)OP(=O)(O)OC[C@@H]3O[C@H](n4cc(C)c(=O)[nH]c4=O)C[C@@H]3O)cc2)c2c1CCC(OC(=O)NCCOP(=O)(O)OC[C@H]1O[C@@H](n3cc(C)c(=O)[nH]c3=O)CC1OP(=O)(O)OC[C@H]1O[C@@H](n3cc(C)c(=O)[nH]c3=O)CC1O)CCC2. The summed E-state index contributed by atoms with van der Waals surface area (Å²) in [7, 11) is -47.6. The van der Waals surface area contributed by atoms with E-state index in [1.807, 2.05) is 4.98 Å². The third kappa shape index (κ3) is 28.3. The van der Waals surface area contributed by atoms with Gasteiger partial charge >= 0.3 is 85.7 Å². The van der Waals surface area contributed by atoms with Crippen LogP contribution in [0.25, 0.3) is 11.3 Å². The van der Waals surface area contributed by atoms with Crippen LogP contribution in [0.5, 0.6) is 0 Å². The Labute approximate surface area is 659 Å². The minimum atomic E-state index is -6.57. The first kappa shape index (κ1) is 94.8. The fraction of sp³-hybridized carbons (Fsp3) is 0.586. The number of aromatic nitrogens is 8. The van der Waals surface area contributed by atoms with Crippen LogP contribution < -0.4 is 44.4 Å². The fourth-order valence-electron chi connectivity index (χ4n) is 12.1. The molecule has 59 heteroatoms. The molecule has 1 aliphatic carbocycles. The predicted octanol–water partition coefficient (Wildman–Crippen LogP) is 2.55. The van der Waals surface area contributed by atoms with Gasteiger partial charge in [-0.05, 0) is 89.3 Å². The van der Waals surface area contributed by atoms with E-state index in [1.54, 1.807) is 31.2 Å². The molecule has 7 heterocycles. The molecule has 117 heavy (non-hydrogen) atoms. The Morgan fingerprint density at radius 1 is 0.496 bits per heavy atom. The molecule has 0 bridgehead atoms. The third-order valence-corrected chi connectivity index (χ3v) is 28.9. The lowest BCUT2D eigenvalue weighted by Crippen LogP contribution is -2.33. The van der Waals surface area contributed by atoms with Crippen molar-refractivity contribution in [1.82, 2.24) is 49.5 Å². The first-order valence-corrected chi connectivity index (χ1v) is 47.0. The van der Waals surface area contributed by atoms with Gasteiger partial charge in [0.05, 0.1) is 63.1 Å². The molecular weight excluding hydrogens is 1740 g/mol. The van der Waals surface area contributed by atoms with E-state index in [1.165, 1.54) is 27.0 Å². The highest BCUT2D eigenvalue weighted by Crippen LogP contribution is 2.75. The summed E-state index contributed by atoms with van der Waals surface area (Å²) < 4.78 is 175. The molecule has 4 aliphatic rings. The number of phosphoric ester groups is 4. The summed E-state index contributed by atoms with van der Waals surface area (Å²) in [6.45, 7) is 1.79. The molecule has 18 atom stereocenters. The number of nitrogens with one attached hydrogen (secondary N) is 5. The zero-order valence-corrected chi connectivity index (χ0v) is 69.1. The number of benzene rings is 1. The topological polar surface area (TPSA) is 726 Å². The highest BCUT2D eigenvalue weighted by molar-refractivity contribution is 7.72. The summed E-state index contributed by atoms with van der Waals surface area (Å²) >= 11 is 0. The normalized spacial score (nSPS) is 25.1. The van der Waals surface area contributed by atoms with Crippen molar-refractivity contribution in [2.45, 2.75) is 173 Å². The molecule has 0 spiro atoms. The van der Waals surface area contributed by atoms with Gasteiger partial charge in [-0.2, -0.15) is 26.7 Å². The van der Waals surface area contributed by atoms with Gasteiger partial charge < -0.3 is 78.9 Å². The van der Waals surface area contributed by atoms with Crippen molar-refractivity contribution in [2.24, 2.45) is 0 Å². The number of rotatable bonds is 40. The molecule has 15 N–H and O–H groups in total. The van der Waals surface area contributed by atoms with E-state index >= 15 is 0 Å². The summed E-state index contributed by atoms with van der Waals surface area (Å²) in [5.74, 6) is -0.337. The van der Waals surface area contributed by atoms with Crippen LogP contribution in [-0.4, -0.2) is 189 Å². The number of aliphatic hydroxyl groups is 2. The van der Waals surface area contributed by atoms with Crippen molar-refractivity contribution >= 4 is 74.6 Å². The number of ether oxygens (including phenoxy) is 4. The number of H-pyrrole nitrogens is 3. The minimum absolute atomic E-state index is 0.0135. The number of phosphoric acid groups is 8. The van der Waals surface area contributed by atoms with Crippen LogP contribution in [0.1, 0.15) is 122 Å². The number of hydrogen-bond donors (Lipinski definition) is 15. The summed E-state index contributed by atoms with van der Waals surface area (Å²) in [5.41, 5.74) is -0.0724. The first-order valence-electron chi connectivity index (χ1n) is 35.1. The van der Waals surface area contributed by atoms with Gasteiger partial charge in [0.1, 0.15) is 49.2 Å². The lowest BCUT2D eigenvalue weighted by atomic mass is 9.89. The number of alkyl carbamates (subject to hydrolysis) is 1. The first-order chi connectivity index (χ1) is 54.5. The summed E-state index contributed by atoms with van der Waals surface area (Å²) in [4.78, 5) is 186. The summed E-state index contributed by atoms with van der Waals surface area (Å²) in [6, 6.07) is 7.07. The van der Waals surface area contributed by atoms with Crippen molar-refractivity contribution in [3.63, 3.8) is 0 Å². The molecule has 11 unspecified atom stereocenters. The molecule has 0 saturated carbocycles. The Morgan fingerprint density at radius 2 is 0.940 bits per heavy atom. The number of hydrogen-bond acceptors (Lipinski definition) is 35. The van der Waals surface area contributed by atoms with Gasteiger partial charge in [0.25, 0.3) is 16.7 Å². The molecule has 2 amide bonds. The molecule has 5 aromatic rings. The minimum Gasteiger partial charge on any atom is -0.446 e. The monoisotopic (exact) mass is 1820 g/mol. The van der Waals surface area contributed by atoms with E-state index in [0.29, 0.717) is 67.5 Å². The van der Waals surface area contributed by atoms with Crippen LogP contribution in [-0.2, 0) is 128 Å². The van der Waals surface area contributed by atoms with E-state index in [9.17, 15) is 124 Å². The fourth-order valence-corrected chi connectivity index (χ4v) is 21.7. The quantitative estimate of drug-likeness (QED) is 0.0198. The van der Waals surface area contributed by atoms with Crippen LogP contribution in [0.15, 0.2) is 71.6 Å². The molecule has 9 rings (SSSR count). The standard InChI is InChI=1S/C58H84N10O41P8/c1-32-26-66(55(75)61-52(32)72)48-23-41(69)44(101-48)29-98-111(81,82)104-43-25-50(68-28-34(3)54(74)63-57(68)77)103-46(43)31-97-110(79,80)96-21-19-60-58(78)100-38-10-9-11-40-39(17-16-38)35(4)64-65-51(40)37-14-12-36(13-15-37)22-47(71)59-18-7-5-6-8-20-95-112(83,84)105-114(87,88)107-116(91,92)109-117(93,94)108-115(89,90)106-113(85,86)99-30-45-42(70)24-49(102-45)67-27-33(2)53(73)62-56(67)76/h12-15,26-28,38,41-46,48-50,69-70H,5-11,16-25,29-31H2,1-4H3,(H,59,71)(H,60,78)(H,79,80)(H,81,82)(H,83,84)(H,85,86)(H,87,88)(H,89,90)(H,91,92)(H,93,94)(H,61,72,75)(H,62,73,76)(H,63,74,77)/t38?,41?,42-,43?,44+,45-,46+,48+,49-,50+/m0/s1. The van der Waals surface area contributed by atoms with E-state index in [-0.39, 0.29) is 67.8 Å². The molecule has 0 radical (unpaired) electrons. The van der Waals surface area contributed by atoms with Gasteiger partial charge in [0.2, 0.25) is 5.91 Å². The van der Waals surface area contributed by atoms with E-state index in [2.05, 4.69) is 61.4 Å². The number of aliphatic hydroxyl groups excluding tert-OH is 2. The van der Waals surface area contributed by atoms with E-state index in [0.717, 1.165) is 37.2 Å². The average molecular weight is 1830 g/mol. The van der Waals surface area contributed by atoms with Crippen molar-refractivity contribution in [2.75, 3.05) is 46.1 Å². The Morgan fingerprint density at radius 3 is 1.46 bits per heavy atom. The Kier molecular flexibility index (Phi) is 32.3. The number of fused-ring (bicyclic) bond motifs is 1. The highest BCUT2D eigenvalue weighted by Gasteiger charge is 2.51. The number of amides is 2.